The molecule has 4 aliphatic heterocycles. The highest BCUT2D eigenvalue weighted by Crippen LogP contribution is 2.44. The topological polar surface area (TPSA) is 110 Å². The van der Waals surface area contributed by atoms with Gasteiger partial charge in [0.05, 0.1) is 26.5 Å². The Hall–Kier alpha value is -2.99. The number of anilines is 2. The molecule has 1 aromatic carbocycles. The Kier molecular flexibility index (Phi) is 6.57. The van der Waals surface area contributed by atoms with E-state index in [2.05, 4.69) is 32.1 Å². The Labute approximate surface area is 239 Å². The first-order valence-corrected chi connectivity index (χ1v) is 15.0. The van der Waals surface area contributed by atoms with Gasteiger partial charge in [0, 0.05) is 42.7 Å². The Morgan fingerprint density at radius 1 is 1.27 bits per heavy atom. The fourth-order valence-corrected chi connectivity index (χ4v) is 7.78. The Balaban J connectivity index is 1.49. The lowest BCUT2D eigenvalue weighted by Gasteiger charge is -2.38. The molecular formula is C28H31ClFN7O2S. The van der Waals surface area contributed by atoms with E-state index in [9.17, 15) is 9.18 Å². The molecule has 0 saturated carbocycles. The highest BCUT2D eigenvalue weighted by Gasteiger charge is 2.37. The maximum atomic E-state index is 14.6. The summed E-state index contributed by atoms with van der Waals surface area (Å²) < 4.78 is 23.2. The van der Waals surface area contributed by atoms with Gasteiger partial charge >= 0.3 is 5.69 Å². The fraction of sp³-hybridized carbons (Fsp3) is 0.464. The van der Waals surface area contributed by atoms with Crippen molar-refractivity contribution in [3.63, 3.8) is 0 Å². The largest absolute Gasteiger partial charge is 0.489 e. The van der Waals surface area contributed by atoms with Crippen molar-refractivity contribution in [1.29, 1.82) is 0 Å². The first kappa shape index (κ1) is 25.9. The highest BCUT2D eigenvalue weighted by molar-refractivity contribution is 7.13. The molecule has 3 fully saturated rings. The minimum atomic E-state index is -0.520. The maximum Gasteiger partial charge on any atom is 0.350 e. The molecule has 4 atom stereocenters. The van der Waals surface area contributed by atoms with Crippen LogP contribution in [0.2, 0.25) is 5.02 Å². The third kappa shape index (κ3) is 4.30. The number of hydrogen-bond donors (Lipinski definition) is 3. The van der Waals surface area contributed by atoms with E-state index in [1.54, 1.807) is 6.08 Å². The monoisotopic (exact) mass is 583 g/mol. The predicted octanol–water partition coefficient (Wildman–Crippen LogP) is 2.05. The zero-order chi connectivity index (χ0) is 27.5. The lowest BCUT2D eigenvalue weighted by Crippen LogP contribution is -2.52. The third-order valence-electron chi connectivity index (χ3n) is 8.61. The lowest BCUT2D eigenvalue weighted by molar-refractivity contribution is 0.160. The number of piperazine rings is 1. The number of allylic oxidation sites excluding steroid dienone is 1. The van der Waals surface area contributed by atoms with Crippen molar-refractivity contribution < 1.29 is 9.13 Å². The summed E-state index contributed by atoms with van der Waals surface area (Å²) in [7, 11) is 0. The Bertz CT molecular complexity index is 1690. The first-order valence-electron chi connectivity index (χ1n) is 13.8. The van der Waals surface area contributed by atoms with Crippen LogP contribution in [0.3, 0.4) is 0 Å². The maximum absolute atomic E-state index is 14.6. The second-order valence-electron chi connectivity index (χ2n) is 11.1. The number of aromatic nitrogens is 3. The molecule has 7 rings (SSSR count). The molecule has 0 amide bonds. The van der Waals surface area contributed by atoms with E-state index in [0.717, 1.165) is 74.7 Å². The Morgan fingerprint density at radius 2 is 2.08 bits per heavy atom. The van der Waals surface area contributed by atoms with Gasteiger partial charge in [-0.2, -0.15) is 4.98 Å². The molecule has 4 aliphatic rings. The standard InChI is InChI=1S/C28H31ClFN7O2S/c1-2-20(30)25-21(34-27(31)40-25)9-17-19(29)8-18-23-24(17)39-13-22(14-4-3-7-32-10-14)37(23)28(38)35-26(18)36-11-15-5-6-16(12-36)33-15/h2,8-9,14-16,22,32-33H,1,3-7,10-13H2,(H2,31,34)/b21-9-,25-20-. The third-order valence-corrected chi connectivity index (χ3v) is 9.83. The molecule has 0 aliphatic carbocycles. The molecule has 0 spiro atoms. The van der Waals surface area contributed by atoms with Crippen LogP contribution in [0, 0.1) is 5.92 Å². The molecule has 210 valence electrons. The summed E-state index contributed by atoms with van der Waals surface area (Å²) in [6.45, 7) is 7.19. The van der Waals surface area contributed by atoms with Crippen LogP contribution in [0.15, 0.2) is 23.5 Å². The number of piperidine rings is 1. The number of nitrogens with zero attached hydrogens (tertiary/aromatic N) is 4. The van der Waals surface area contributed by atoms with Gasteiger partial charge in [-0.15, -0.1) is 0 Å². The number of halogens is 2. The van der Waals surface area contributed by atoms with E-state index >= 15 is 0 Å². The van der Waals surface area contributed by atoms with E-state index in [4.69, 9.17) is 22.1 Å². The van der Waals surface area contributed by atoms with Crippen LogP contribution >= 0.6 is 22.9 Å². The van der Waals surface area contributed by atoms with Crippen molar-refractivity contribution in [2.45, 2.75) is 43.8 Å². The van der Waals surface area contributed by atoms with Gasteiger partial charge in [0.2, 0.25) is 0 Å². The molecule has 6 heterocycles. The van der Waals surface area contributed by atoms with Crippen molar-refractivity contribution in [2.75, 3.05) is 43.4 Å². The summed E-state index contributed by atoms with van der Waals surface area (Å²) in [6.07, 6.45) is 7.08. The summed E-state index contributed by atoms with van der Waals surface area (Å²) >= 11 is 7.99. The smallest absolute Gasteiger partial charge is 0.350 e. The summed E-state index contributed by atoms with van der Waals surface area (Å²) in [5.74, 6) is 0.834. The molecular weight excluding hydrogens is 553 g/mol. The number of nitrogen functional groups attached to an aromatic ring is 1. The summed E-state index contributed by atoms with van der Waals surface area (Å²) in [5.41, 5.74) is 6.87. The van der Waals surface area contributed by atoms with Gasteiger partial charge < -0.3 is 26.0 Å². The number of rotatable bonds is 4. The van der Waals surface area contributed by atoms with E-state index in [1.165, 1.54) is 0 Å². The molecule has 12 heteroatoms. The molecule has 4 N–H and O–H groups in total. The van der Waals surface area contributed by atoms with E-state index in [0.29, 0.717) is 51.7 Å². The minimum Gasteiger partial charge on any atom is -0.489 e. The molecule has 2 aromatic heterocycles. The fourth-order valence-electron chi connectivity index (χ4n) is 6.79. The lowest BCUT2D eigenvalue weighted by atomic mass is 9.90. The van der Waals surface area contributed by atoms with Gasteiger partial charge in [0.1, 0.15) is 18.3 Å². The molecule has 40 heavy (non-hydrogen) atoms. The van der Waals surface area contributed by atoms with Gasteiger partial charge in [0.25, 0.3) is 0 Å². The van der Waals surface area contributed by atoms with Crippen molar-refractivity contribution in [2.24, 2.45) is 5.92 Å². The number of fused-ring (bicyclic) bond motifs is 2. The number of benzene rings is 1. The summed E-state index contributed by atoms with van der Waals surface area (Å²) in [5, 5.41) is 8.87. The normalized spacial score (nSPS) is 27.1. The minimum absolute atomic E-state index is 0.165. The average molecular weight is 584 g/mol. The van der Waals surface area contributed by atoms with Gasteiger partial charge in [-0.25, -0.2) is 14.2 Å². The number of nitrogens with two attached hydrogens (primary N) is 1. The molecule has 3 saturated heterocycles. The van der Waals surface area contributed by atoms with E-state index in [-0.39, 0.29) is 27.3 Å². The predicted molar refractivity (Wildman–Crippen MR) is 157 cm³/mol. The average Bonchev–Trinajstić information content (AvgIpc) is 3.51. The van der Waals surface area contributed by atoms with Gasteiger partial charge in [-0.1, -0.05) is 29.5 Å². The van der Waals surface area contributed by atoms with Crippen molar-refractivity contribution in [3.8, 4) is 5.75 Å². The molecule has 4 unspecified atom stereocenters. The molecule has 2 bridgehead atoms. The van der Waals surface area contributed by atoms with Crippen molar-refractivity contribution in [1.82, 2.24) is 25.2 Å². The molecule has 3 aromatic rings. The van der Waals surface area contributed by atoms with Gasteiger partial charge in [0.15, 0.2) is 10.9 Å². The van der Waals surface area contributed by atoms with Crippen LogP contribution in [0.1, 0.15) is 37.3 Å². The van der Waals surface area contributed by atoms with E-state index < -0.39 is 5.83 Å². The second-order valence-corrected chi connectivity index (χ2v) is 12.5. The van der Waals surface area contributed by atoms with Gasteiger partial charge in [-0.3, -0.25) is 4.57 Å². The first-order chi connectivity index (χ1) is 19.4. The number of thiazole rings is 1. The van der Waals surface area contributed by atoms with Crippen LogP contribution in [-0.2, 0) is 0 Å². The number of nitrogens with one attached hydrogen (secondary N) is 2. The summed E-state index contributed by atoms with van der Waals surface area (Å²) in [4.78, 5) is 25.1. The van der Waals surface area contributed by atoms with Crippen LogP contribution in [-0.4, -0.2) is 59.4 Å². The number of ether oxygens (including phenoxy) is 1. The molecule has 0 radical (unpaired) electrons. The van der Waals surface area contributed by atoms with Crippen LogP contribution in [0.25, 0.3) is 22.8 Å². The van der Waals surface area contributed by atoms with Crippen molar-refractivity contribution in [3.05, 3.63) is 49.7 Å². The second kappa shape index (κ2) is 10.1. The SMILES string of the molecule is C=C/C(F)=c1/sc(N)n/c1=C\c1c(Cl)cc2c(N3CC4CCC(C3)N4)nc(=O)n3c2c1OCC3C1CCCNC1. The van der Waals surface area contributed by atoms with Gasteiger partial charge in [-0.05, 0) is 56.4 Å². The van der Waals surface area contributed by atoms with E-state index in [1.807, 2.05) is 10.6 Å². The zero-order valence-corrected chi connectivity index (χ0v) is 23.5. The summed E-state index contributed by atoms with van der Waals surface area (Å²) in [6, 6.07) is 2.44. The van der Waals surface area contributed by atoms with Crippen LogP contribution in [0.4, 0.5) is 15.3 Å². The van der Waals surface area contributed by atoms with Crippen molar-refractivity contribution >= 4 is 56.7 Å². The quantitative estimate of drug-likeness (QED) is 0.428. The highest BCUT2D eigenvalue weighted by atomic mass is 35.5. The number of hydrogen-bond acceptors (Lipinski definition) is 9. The van der Waals surface area contributed by atoms with Crippen LogP contribution < -0.4 is 41.6 Å². The zero-order valence-electron chi connectivity index (χ0n) is 22.0. The molecule has 9 nitrogen and oxygen atoms in total. The van der Waals surface area contributed by atoms with Crippen LogP contribution in [0.5, 0.6) is 5.75 Å². The Morgan fingerprint density at radius 3 is 2.80 bits per heavy atom.